The third-order valence-electron chi connectivity index (χ3n) is 3.68. The summed E-state index contributed by atoms with van der Waals surface area (Å²) < 4.78 is 18.4. The Kier molecular flexibility index (Phi) is 4.47. The number of nitrogens with two attached hydrogens (primary N) is 1. The van der Waals surface area contributed by atoms with Crippen LogP contribution in [0.2, 0.25) is 0 Å². The van der Waals surface area contributed by atoms with Crippen LogP contribution in [0.1, 0.15) is 19.8 Å². The Morgan fingerprint density at radius 1 is 1.42 bits per heavy atom. The number of nitrogens with zero attached hydrogens (tertiary/aromatic N) is 1. The third-order valence-corrected chi connectivity index (χ3v) is 3.68. The number of likely N-dealkylation sites (tertiary alicyclic amines) is 1. The second-order valence-corrected chi connectivity index (χ2v) is 5.05. The number of ether oxygens (including phenoxy) is 1. The summed E-state index contributed by atoms with van der Waals surface area (Å²) in [6, 6.07) is 3.35. The van der Waals surface area contributed by atoms with Crippen molar-refractivity contribution < 1.29 is 9.13 Å². The van der Waals surface area contributed by atoms with E-state index in [0.717, 1.165) is 25.3 Å². The van der Waals surface area contributed by atoms with E-state index in [0.29, 0.717) is 11.7 Å². The molecule has 1 saturated heterocycles. The molecule has 0 spiro atoms. The van der Waals surface area contributed by atoms with Crippen molar-refractivity contribution in [2.75, 3.05) is 37.8 Å². The minimum absolute atomic E-state index is 0.213. The standard InChI is InChI=1S/C14H22FN3O/c1-10(18-5-3-4-6-18)9-17-13-8-14(19-2)11(15)7-12(13)16/h7-8,10,17H,3-6,9,16H2,1-2H3. The minimum atomic E-state index is -0.432. The molecule has 1 fully saturated rings. The van der Waals surface area contributed by atoms with Gasteiger partial charge in [-0.1, -0.05) is 0 Å². The molecule has 1 aromatic carbocycles. The van der Waals surface area contributed by atoms with Crippen molar-refractivity contribution in [1.29, 1.82) is 0 Å². The number of hydrogen-bond acceptors (Lipinski definition) is 4. The maximum absolute atomic E-state index is 13.4. The largest absolute Gasteiger partial charge is 0.494 e. The van der Waals surface area contributed by atoms with Gasteiger partial charge in [-0.05, 0) is 32.9 Å². The van der Waals surface area contributed by atoms with Gasteiger partial charge >= 0.3 is 0 Å². The van der Waals surface area contributed by atoms with Gasteiger partial charge in [0, 0.05) is 24.7 Å². The Morgan fingerprint density at radius 2 is 2.11 bits per heavy atom. The van der Waals surface area contributed by atoms with Crippen LogP contribution in [0, 0.1) is 5.82 Å². The molecular weight excluding hydrogens is 245 g/mol. The SMILES string of the molecule is COc1cc(NCC(C)N2CCCC2)c(N)cc1F. The van der Waals surface area contributed by atoms with Crippen LogP contribution in [-0.2, 0) is 0 Å². The van der Waals surface area contributed by atoms with Crippen LogP contribution in [0.5, 0.6) is 5.75 Å². The maximum Gasteiger partial charge on any atom is 0.167 e. The number of benzene rings is 1. The number of nitrogens with one attached hydrogen (secondary N) is 1. The van der Waals surface area contributed by atoms with Gasteiger partial charge in [0.15, 0.2) is 11.6 Å². The summed E-state index contributed by atoms with van der Waals surface area (Å²) in [6.45, 7) is 5.30. The zero-order chi connectivity index (χ0) is 13.8. The van der Waals surface area contributed by atoms with Gasteiger partial charge in [-0.3, -0.25) is 4.90 Å². The second-order valence-electron chi connectivity index (χ2n) is 5.05. The molecule has 1 atom stereocenters. The summed E-state index contributed by atoms with van der Waals surface area (Å²) in [5.74, 6) is -0.219. The van der Waals surface area contributed by atoms with Gasteiger partial charge in [-0.25, -0.2) is 4.39 Å². The maximum atomic E-state index is 13.4. The quantitative estimate of drug-likeness (QED) is 0.804. The first-order valence-electron chi connectivity index (χ1n) is 6.72. The van der Waals surface area contributed by atoms with Gasteiger partial charge in [0.2, 0.25) is 0 Å². The summed E-state index contributed by atoms with van der Waals surface area (Å²) in [6.07, 6.45) is 2.55. The van der Waals surface area contributed by atoms with E-state index in [4.69, 9.17) is 10.5 Å². The third kappa shape index (κ3) is 3.29. The fourth-order valence-corrected chi connectivity index (χ4v) is 2.45. The normalized spacial score (nSPS) is 17.4. The minimum Gasteiger partial charge on any atom is -0.494 e. The van der Waals surface area contributed by atoms with Crippen molar-refractivity contribution in [2.45, 2.75) is 25.8 Å². The molecule has 1 aliphatic rings. The predicted octanol–water partition coefficient (Wildman–Crippen LogP) is 2.31. The molecule has 1 unspecified atom stereocenters. The molecule has 106 valence electrons. The summed E-state index contributed by atoms with van der Waals surface area (Å²) in [7, 11) is 1.45. The van der Waals surface area contributed by atoms with E-state index < -0.39 is 5.82 Å². The summed E-state index contributed by atoms with van der Waals surface area (Å²) in [5, 5.41) is 3.28. The monoisotopic (exact) mass is 267 g/mol. The van der Waals surface area contributed by atoms with Gasteiger partial charge < -0.3 is 15.8 Å². The smallest absolute Gasteiger partial charge is 0.167 e. The first-order chi connectivity index (χ1) is 9.11. The van der Waals surface area contributed by atoms with Gasteiger partial charge in [-0.2, -0.15) is 0 Å². The van der Waals surface area contributed by atoms with Crippen LogP contribution >= 0.6 is 0 Å². The summed E-state index contributed by atoms with van der Waals surface area (Å²) >= 11 is 0. The summed E-state index contributed by atoms with van der Waals surface area (Å²) in [5.41, 5.74) is 6.95. The van der Waals surface area contributed by atoms with Crippen molar-refractivity contribution >= 4 is 11.4 Å². The summed E-state index contributed by atoms with van der Waals surface area (Å²) in [4.78, 5) is 2.45. The molecule has 4 nitrogen and oxygen atoms in total. The molecule has 1 aromatic rings. The molecule has 2 rings (SSSR count). The highest BCUT2D eigenvalue weighted by Gasteiger charge is 2.18. The molecule has 0 saturated carbocycles. The van der Waals surface area contributed by atoms with Crippen LogP contribution in [0.3, 0.4) is 0 Å². The fourth-order valence-electron chi connectivity index (χ4n) is 2.45. The van der Waals surface area contributed by atoms with E-state index in [-0.39, 0.29) is 5.75 Å². The molecule has 5 heteroatoms. The van der Waals surface area contributed by atoms with E-state index in [2.05, 4.69) is 17.1 Å². The molecule has 3 N–H and O–H groups in total. The van der Waals surface area contributed by atoms with Crippen molar-refractivity contribution in [3.63, 3.8) is 0 Å². The number of halogens is 1. The van der Waals surface area contributed by atoms with E-state index in [1.807, 2.05) is 0 Å². The number of anilines is 2. The lowest BCUT2D eigenvalue weighted by Crippen LogP contribution is -2.35. The molecule has 1 aliphatic heterocycles. The van der Waals surface area contributed by atoms with Crippen molar-refractivity contribution in [2.24, 2.45) is 0 Å². The van der Waals surface area contributed by atoms with Gasteiger partial charge in [-0.15, -0.1) is 0 Å². The molecule has 19 heavy (non-hydrogen) atoms. The number of nitrogen functional groups attached to an aromatic ring is 1. The van der Waals surface area contributed by atoms with Gasteiger partial charge in [0.25, 0.3) is 0 Å². The average Bonchev–Trinajstić information content (AvgIpc) is 2.91. The zero-order valence-electron chi connectivity index (χ0n) is 11.6. The van der Waals surface area contributed by atoms with Gasteiger partial charge in [0.1, 0.15) is 0 Å². The van der Waals surface area contributed by atoms with E-state index in [1.54, 1.807) is 6.07 Å². The fraction of sp³-hybridized carbons (Fsp3) is 0.571. The highest BCUT2D eigenvalue weighted by Crippen LogP contribution is 2.28. The topological polar surface area (TPSA) is 50.5 Å². The van der Waals surface area contributed by atoms with Crippen LogP contribution in [0.4, 0.5) is 15.8 Å². The van der Waals surface area contributed by atoms with Gasteiger partial charge in [0.05, 0.1) is 18.5 Å². The highest BCUT2D eigenvalue weighted by molar-refractivity contribution is 5.68. The first-order valence-corrected chi connectivity index (χ1v) is 6.72. The second kappa shape index (κ2) is 6.10. The Bertz CT molecular complexity index is 433. The van der Waals surface area contributed by atoms with Crippen LogP contribution < -0.4 is 15.8 Å². The molecular formula is C14H22FN3O. The number of methoxy groups -OCH3 is 1. The average molecular weight is 267 g/mol. The lowest BCUT2D eigenvalue weighted by Gasteiger charge is -2.24. The molecule has 0 aromatic heterocycles. The van der Waals surface area contributed by atoms with Crippen molar-refractivity contribution in [3.8, 4) is 5.75 Å². The number of hydrogen-bond donors (Lipinski definition) is 2. The van der Waals surface area contributed by atoms with Crippen LogP contribution in [0.25, 0.3) is 0 Å². The Hall–Kier alpha value is -1.49. The highest BCUT2D eigenvalue weighted by atomic mass is 19.1. The Morgan fingerprint density at radius 3 is 2.74 bits per heavy atom. The molecule has 0 radical (unpaired) electrons. The molecule has 0 amide bonds. The predicted molar refractivity (Wildman–Crippen MR) is 76.1 cm³/mol. The first kappa shape index (κ1) is 13.9. The molecule has 1 heterocycles. The zero-order valence-corrected chi connectivity index (χ0v) is 11.6. The lowest BCUT2D eigenvalue weighted by atomic mass is 10.2. The van der Waals surface area contributed by atoms with Crippen LogP contribution in [0.15, 0.2) is 12.1 Å². The lowest BCUT2D eigenvalue weighted by molar-refractivity contribution is 0.269. The molecule has 0 bridgehead atoms. The van der Waals surface area contributed by atoms with Crippen LogP contribution in [-0.4, -0.2) is 37.7 Å². The molecule has 0 aliphatic carbocycles. The van der Waals surface area contributed by atoms with E-state index in [1.165, 1.54) is 26.0 Å². The van der Waals surface area contributed by atoms with Crippen molar-refractivity contribution in [1.82, 2.24) is 4.90 Å². The Balaban J connectivity index is 1.98. The number of rotatable bonds is 5. The van der Waals surface area contributed by atoms with Crippen molar-refractivity contribution in [3.05, 3.63) is 17.9 Å². The Labute approximate surface area is 113 Å². The van der Waals surface area contributed by atoms with E-state index >= 15 is 0 Å². The van der Waals surface area contributed by atoms with E-state index in [9.17, 15) is 4.39 Å².